The van der Waals surface area contributed by atoms with Crippen LogP contribution in [0.1, 0.15) is 51.6 Å². The van der Waals surface area contributed by atoms with Crippen molar-refractivity contribution in [3.63, 3.8) is 0 Å². The molecule has 1 N–H and O–H groups in total. The zero-order valence-corrected chi connectivity index (χ0v) is 14.5. The molecule has 0 saturated carbocycles. The molecule has 0 aromatic heterocycles. The molecule has 2 nitrogen and oxygen atoms in total. The van der Waals surface area contributed by atoms with Gasteiger partial charge in [-0.2, -0.15) is 0 Å². The summed E-state index contributed by atoms with van der Waals surface area (Å²) in [6.07, 6.45) is 3.67. The average Bonchev–Trinajstić information content (AvgIpc) is 2.45. The maximum Gasteiger partial charge on any atom is 0.0320 e. The first-order valence-corrected chi connectivity index (χ1v) is 8.65. The number of halogens is 1. The summed E-state index contributed by atoms with van der Waals surface area (Å²) in [5.74, 6) is 0. The van der Waals surface area contributed by atoms with Gasteiger partial charge in [0.25, 0.3) is 0 Å². The summed E-state index contributed by atoms with van der Waals surface area (Å²) in [6, 6.07) is 10.5. The van der Waals surface area contributed by atoms with E-state index >= 15 is 0 Å². The Morgan fingerprint density at radius 3 is 2.55 bits per heavy atom. The Balaban J connectivity index is 1.91. The van der Waals surface area contributed by atoms with Crippen LogP contribution in [0.3, 0.4) is 0 Å². The maximum atomic E-state index is 3.86. The van der Waals surface area contributed by atoms with Crippen LogP contribution in [0, 0.1) is 0 Å². The molecule has 0 aliphatic carbocycles. The van der Waals surface area contributed by atoms with Crippen molar-refractivity contribution in [1.82, 2.24) is 10.2 Å². The van der Waals surface area contributed by atoms with E-state index in [9.17, 15) is 0 Å². The van der Waals surface area contributed by atoms with Crippen LogP contribution in [0.2, 0.25) is 0 Å². The molecule has 0 radical (unpaired) electrons. The molecule has 1 fully saturated rings. The first kappa shape index (κ1) is 16.0. The van der Waals surface area contributed by atoms with Crippen molar-refractivity contribution in [2.24, 2.45) is 0 Å². The van der Waals surface area contributed by atoms with Crippen molar-refractivity contribution in [1.29, 1.82) is 0 Å². The summed E-state index contributed by atoms with van der Waals surface area (Å²) < 4.78 is 1.17. The van der Waals surface area contributed by atoms with Crippen LogP contribution < -0.4 is 5.32 Å². The standard InChI is InChI=1S/C17H27BrN2/c1-4-17(14-6-5-7-15(18)12-14)19-16-8-10-20(11-9-16)13(2)3/h5-7,12-13,16-17,19H,4,8-11H2,1-3H3. The Morgan fingerprint density at radius 1 is 1.30 bits per heavy atom. The number of rotatable bonds is 5. The van der Waals surface area contributed by atoms with Crippen LogP contribution in [0.25, 0.3) is 0 Å². The SMILES string of the molecule is CCC(NC1CCN(C(C)C)CC1)c1cccc(Br)c1. The highest BCUT2D eigenvalue weighted by molar-refractivity contribution is 9.10. The van der Waals surface area contributed by atoms with E-state index in [2.05, 4.69) is 71.2 Å². The number of nitrogens with zero attached hydrogens (tertiary/aromatic N) is 1. The number of hydrogen-bond donors (Lipinski definition) is 1. The molecule has 1 heterocycles. The van der Waals surface area contributed by atoms with Gasteiger partial charge in [0.1, 0.15) is 0 Å². The van der Waals surface area contributed by atoms with Crippen molar-refractivity contribution in [2.45, 2.75) is 58.2 Å². The van der Waals surface area contributed by atoms with Crippen molar-refractivity contribution >= 4 is 15.9 Å². The van der Waals surface area contributed by atoms with E-state index in [0.29, 0.717) is 18.1 Å². The smallest absolute Gasteiger partial charge is 0.0320 e. The molecule has 112 valence electrons. The lowest BCUT2D eigenvalue weighted by molar-refractivity contribution is 0.156. The van der Waals surface area contributed by atoms with Crippen molar-refractivity contribution in [3.8, 4) is 0 Å². The topological polar surface area (TPSA) is 15.3 Å². The van der Waals surface area contributed by atoms with Gasteiger partial charge in [-0.3, -0.25) is 0 Å². The van der Waals surface area contributed by atoms with Gasteiger partial charge in [0.05, 0.1) is 0 Å². The lowest BCUT2D eigenvalue weighted by Crippen LogP contribution is -2.45. The van der Waals surface area contributed by atoms with E-state index in [0.717, 1.165) is 6.42 Å². The second kappa shape index (κ2) is 7.58. The number of nitrogens with one attached hydrogen (secondary N) is 1. The fourth-order valence-corrected chi connectivity index (χ4v) is 3.46. The molecular formula is C17H27BrN2. The largest absolute Gasteiger partial charge is 0.307 e. The molecule has 1 unspecified atom stereocenters. The molecule has 0 spiro atoms. The summed E-state index contributed by atoms with van der Waals surface area (Å²) in [6.45, 7) is 9.31. The second-order valence-electron chi connectivity index (χ2n) is 6.09. The van der Waals surface area contributed by atoms with Gasteiger partial charge in [-0.15, -0.1) is 0 Å². The molecule has 1 aromatic carbocycles. The summed E-state index contributed by atoms with van der Waals surface area (Å²) in [5, 5.41) is 3.86. The number of likely N-dealkylation sites (tertiary alicyclic amines) is 1. The van der Waals surface area contributed by atoms with Gasteiger partial charge in [0.15, 0.2) is 0 Å². The third kappa shape index (κ3) is 4.31. The predicted octanol–water partition coefficient (Wildman–Crippen LogP) is 4.36. The van der Waals surface area contributed by atoms with E-state index < -0.39 is 0 Å². The molecule has 0 bridgehead atoms. The number of hydrogen-bond acceptors (Lipinski definition) is 2. The fourth-order valence-electron chi connectivity index (χ4n) is 3.04. The van der Waals surface area contributed by atoms with Gasteiger partial charge in [-0.05, 0) is 63.9 Å². The monoisotopic (exact) mass is 338 g/mol. The Labute approximate surface area is 132 Å². The van der Waals surface area contributed by atoms with Crippen LogP contribution in [-0.4, -0.2) is 30.1 Å². The van der Waals surface area contributed by atoms with Gasteiger partial charge < -0.3 is 10.2 Å². The van der Waals surface area contributed by atoms with Crippen molar-refractivity contribution < 1.29 is 0 Å². The van der Waals surface area contributed by atoms with Gasteiger partial charge in [0, 0.05) is 22.6 Å². The third-order valence-corrected chi connectivity index (χ3v) is 4.85. The van der Waals surface area contributed by atoms with Gasteiger partial charge in [0.2, 0.25) is 0 Å². The molecule has 1 aromatic rings. The third-order valence-electron chi connectivity index (χ3n) is 4.36. The van der Waals surface area contributed by atoms with Crippen LogP contribution in [0.4, 0.5) is 0 Å². The first-order valence-electron chi connectivity index (χ1n) is 7.85. The van der Waals surface area contributed by atoms with Gasteiger partial charge >= 0.3 is 0 Å². The highest BCUT2D eigenvalue weighted by Gasteiger charge is 2.22. The fraction of sp³-hybridized carbons (Fsp3) is 0.647. The van der Waals surface area contributed by atoms with Crippen molar-refractivity contribution in [3.05, 3.63) is 34.3 Å². The van der Waals surface area contributed by atoms with E-state index in [1.54, 1.807) is 0 Å². The molecule has 1 aliphatic rings. The van der Waals surface area contributed by atoms with Crippen molar-refractivity contribution in [2.75, 3.05) is 13.1 Å². The Bertz CT molecular complexity index is 411. The summed E-state index contributed by atoms with van der Waals surface area (Å²) in [5.41, 5.74) is 1.40. The lowest BCUT2D eigenvalue weighted by atomic mass is 9.99. The predicted molar refractivity (Wildman–Crippen MR) is 90.0 cm³/mol. The van der Waals surface area contributed by atoms with Crippen LogP contribution >= 0.6 is 15.9 Å². The van der Waals surface area contributed by atoms with E-state index in [4.69, 9.17) is 0 Å². The lowest BCUT2D eigenvalue weighted by Gasteiger charge is -2.36. The average molecular weight is 339 g/mol. The second-order valence-corrected chi connectivity index (χ2v) is 7.00. The zero-order valence-electron chi connectivity index (χ0n) is 12.9. The summed E-state index contributed by atoms with van der Waals surface area (Å²) >= 11 is 3.57. The number of benzene rings is 1. The molecule has 20 heavy (non-hydrogen) atoms. The summed E-state index contributed by atoms with van der Waals surface area (Å²) in [4.78, 5) is 2.58. The van der Waals surface area contributed by atoms with Gasteiger partial charge in [-0.25, -0.2) is 0 Å². The molecular weight excluding hydrogens is 312 g/mol. The minimum absolute atomic E-state index is 0.475. The zero-order chi connectivity index (χ0) is 14.5. The molecule has 2 rings (SSSR count). The van der Waals surface area contributed by atoms with Crippen LogP contribution in [0.5, 0.6) is 0 Å². The van der Waals surface area contributed by atoms with Crippen LogP contribution in [0.15, 0.2) is 28.7 Å². The Kier molecular flexibility index (Phi) is 6.06. The first-order chi connectivity index (χ1) is 9.60. The molecule has 1 saturated heterocycles. The number of piperidine rings is 1. The van der Waals surface area contributed by atoms with Gasteiger partial charge in [-0.1, -0.05) is 35.0 Å². The van der Waals surface area contributed by atoms with E-state index in [1.165, 1.54) is 36.0 Å². The highest BCUT2D eigenvalue weighted by atomic mass is 79.9. The minimum Gasteiger partial charge on any atom is -0.307 e. The Morgan fingerprint density at radius 2 is 2.00 bits per heavy atom. The highest BCUT2D eigenvalue weighted by Crippen LogP contribution is 2.23. The Hall–Kier alpha value is -0.380. The normalized spacial score (nSPS) is 19.4. The molecule has 1 atom stereocenters. The molecule has 1 aliphatic heterocycles. The van der Waals surface area contributed by atoms with E-state index in [1.807, 2.05) is 0 Å². The molecule has 0 amide bonds. The summed E-state index contributed by atoms with van der Waals surface area (Å²) in [7, 11) is 0. The van der Waals surface area contributed by atoms with E-state index in [-0.39, 0.29) is 0 Å². The quantitative estimate of drug-likeness (QED) is 0.857. The minimum atomic E-state index is 0.475. The van der Waals surface area contributed by atoms with Crippen LogP contribution in [-0.2, 0) is 0 Å². The molecule has 3 heteroatoms. The maximum absolute atomic E-state index is 3.86.